The lowest BCUT2D eigenvalue weighted by molar-refractivity contribution is -0.122. The molecule has 1 aromatic rings. The summed E-state index contributed by atoms with van der Waals surface area (Å²) in [7, 11) is 1.61. The third kappa shape index (κ3) is 7.99. The summed E-state index contributed by atoms with van der Waals surface area (Å²) in [5, 5.41) is 9.09. The normalized spacial score (nSPS) is 14.6. The lowest BCUT2D eigenvalue weighted by Crippen LogP contribution is -2.36. The molecule has 1 aliphatic carbocycles. The van der Waals surface area contributed by atoms with Gasteiger partial charge in [-0.05, 0) is 44.4 Å². The molecule has 150 valence electrons. The van der Waals surface area contributed by atoms with E-state index in [0.29, 0.717) is 36.9 Å². The van der Waals surface area contributed by atoms with E-state index >= 15 is 0 Å². The third-order valence-electron chi connectivity index (χ3n) is 4.87. The number of amides is 2. The van der Waals surface area contributed by atoms with Crippen molar-refractivity contribution in [1.82, 2.24) is 16.0 Å². The number of para-hydroxylation sites is 1. The van der Waals surface area contributed by atoms with Crippen molar-refractivity contribution in [2.24, 2.45) is 0 Å². The predicted molar refractivity (Wildman–Crippen MR) is 107 cm³/mol. The molecule has 0 unspecified atom stereocenters. The van der Waals surface area contributed by atoms with Crippen LogP contribution in [0.1, 0.15) is 61.7 Å². The van der Waals surface area contributed by atoms with Crippen LogP contribution in [0.2, 0.25) is 0 Å². The maximum Gasteiger partial charge on any atom is 0.254 e. The first-order chi connectivity index (χ1) is 13.2. The number of carbonyl (C=O) groups excluding carboxylic acids is 2. The molecule has 6 heteroatoms. The second-order valence-electron chi connectivity index (χ2n) is 7.03. The first-order valence-corrected chi connectivity index (χ1v) is 10.1. The Morgan fingerprint density at radius 2 is 1.85 bits per heavy atom. The van der Waals surface area contributed by atoms with Crippen LogP contribution < -0.4 is 20.7 Å². The highest BCUT2D eigenvalue weighted by Gasteiger charge is 2.15. The van der Waals surface area contributed by atoms with Crippen molar-refractivity contribution in [3.05, 3.63) is 29.8 Å². The predicted octanol–water partition coefficient (Wildman–Crippen LogP) is 2.63. The molecule has 1 saturated carbocycles. The van der Waals surface area contributed by atoms with E-state index in [2.05, 4.69) is 16.0 Å². The highest BCUT2D eigenvalue weighted by Crippen LogP contribution is 2.18. The van der Waals surface area contributed by atoms with Gasteiger partial charge in [0.15, 0.2) is 0 Å². The van der Waals surface area contributed by atoms with Crippen molar-refractivity contribution < 1.29 is 14.3 Å². The molecule has 3 N–H and O–H groups in total. The van der Waals surface area contributed by atoms with Gasteiger partial charge in [-0.3, -0.25) is 9.59 Å². The van der Waals surface area contributed by atoms with E-state index in [1.807, 2.05) is 12.1 Å². The van der Waals surface area contributed by atoms with Gasteiger partial charge in [0.25, 0.3) is 5.91 Å². The van der Waals surface area contributed by atoms with Crippen LogP contribution in [0.25, 0.3) is 0 Å². The number of rotatable bonds is 11. The van der Waals surface area contributed by atoms with Gasteiger partial charge in [0.2, 0.25) is 5.91 Å². The minimum atomic E-state index is -0.148. The van der Waals surface area contributed by atoms with Gasteiger partial charge in [0, 0.05) is 26.1 Å². The lowest BCUT2D eigenvalue weighted by Gasteiger charge is -2.22. The van der Waals surface area contributed by atoms with E-state index in [1.165, 1.54) is 19.3 Å². The van der Waals surface area contributed by atoms with Gasteiger partial charge in [-0.15, -0.1) is 0 Å². The van der Waals surface area contributed by atoms with Crippen molar-refractivity contribution in [2.75, 3.05) is 26.7 Å². The molecule has 0 spiro atoms. The van der Waals surface area contributed by atoms with E-state index < -0.39 is 0 Å². The van der Waals surface area contributed by atoms with E-state index in [9.17, 15) is 9.59 Å². The molecule has 2 amide bonds. The smallest absolute Gasteiger partial charge is 0.254 e. The Kier molecular flexibility index (Phi) is 9.69. The van der Waals surface area contributed by atoms with E-state index in [-0.39, 0.29) is 11.8 Å². The van der Waals surface area contributed by atoms with Gasteiger partial charge in [-0.25, -0.2) is 0 Å². The standard InChI is InChI=1S/C21H33N3O3/c1-22-21(26)18-11-5-6-12-19(18)27-16-15-23-14-8-7-13-20(25)24-17-9-3-2-4-10-17/h5-6,11-12,17,23H,2-4,7-10,13-16H2,1H3,(H,22,26)(H,24,25). The Bertz CT molecular complexity index is 586. The average molecular weight is 376 g/mol. The zero-order chi connectivity index (χ0) is 19.3. The van der Waals surface area contributed by atoms with Crippen molar-refractivity contribution in [3.63, 3.8) is 0 Å². The van der Waals surface area contributed by atoms with Crippen LogP contribution in [0.4, 0.5) is 0 Å². The number of ether oxygens (including phenoxy) is 1. The summed E-state index contributed by atoms with van der Waals surface area (Å²) in [6, 6.07) is 7.63. The molecule has 0 bridgehead atoms. The maximum absolute atomic E-state index is 11.9. The second kappa shape index (κ2) is 12.3. The summed E-state index contributed by atoms with van der Waals surface area (Å²) in [5.74, 6) is 0.638. The Labute approximate surface area is 162 Å². The molecule has 1 aromatic carbocycles. The van der Waals surface area contributed by atoms with Gasteiger partial charge in [0.05, 0.1) is 5.56 Å². The fourth-order valence-corrected chi connectivity index (χ4v) is 3.36. The zero-order valence-electron chi connectivity index (χ0n) is 16.4. The van der Waals surface area contributed by atoms with Crippen molar-refractivity contribution in [2.45, 2.75) is 57.4 Å². The van der Waals surface area contributed by atoms with Crippen LogP contribution in [-0.4, -0.2) is 44.6 Å². The Morgan fingerprint density at radius 1 is 1.07 bits per heavy atom. The molecule has 1 aliphatic rings. The lowest BCUT2D eigenvalue weighted by atomic mass is 9.95. The molecule has 0 atom stereocenters. The summed E-state index contributed by atoms with van der Waals surface area (Å²) in [6.07, 6.45) is 8.52. The van der Waals surface area contributed by atoms with Crippen LogP contribution in [0.3, 0.4) is 0 Å². The van der Waals surface area contributed by atoms with Gasteiger partial charge in [-0.1, -0.05) is 31.4 Å². The number of benzene rings is 1. The van der Waals surface area contributed by atoms with E-state index in [1.54, 1.807) is 19.2 Å². The van der Waals surface area contributed by atoms with Crippen LogP contribution in [0.15, 0.2) is 24.3 Å². The fourth-order valence-electron chi connectivity index (χ4n) is 3.36. The first-order valence-electron chi connectivity index (χ1n) is 10.1. The van der Waals surface area contributed by atoms with Gasteiger partial charge in [-0.2, -0.15) is 0 Å². The molecular weight excluding hydrogens is 342 g/mol. The molecule has 1 fully saturated rings. The van der Waals surface area contributed by atoms with Crippen LogP contribution >= 0.6 is 0 Å². The van der Waals surface area contributed by atoms with E-state index in [0.717, 1.165) is 32.2 Å². The number of carbonyl (C=O) groups is 2. The molecule has 0 aromatic heterocycles. The first kappa shape index (κ1) is 21.2. The number of hydrogen-bond acceptors (Lipinski definition) is 4. The molecule has 2 rings (SSSR count). The minimum absolute atomic E-state index is 0.148. The summed E-state index contributed by atoms with van der Waals surface area (Å²) < 4.78 is 5.70. The van der Waals surface area contributed by atoms with Gasteiger partial charge in [0.1, 0.15) is 12.4 Å². The number of hydrogen-bond donors (Lipinski definition) is 3. The van der Waals surface area contributed by atoms with Crippen molar-refractivity contribution in [3.8, 4) is 5.75 Å². The van der Waals surface area contributed by atoms with Crippen molar-refractivity contribution >= 4 is 11.8 Å². The molecule has 0 saturated heterocycles. The Balaban J connectivity index is 1.50. The molecule has 0 heterocycles. The topological polar surface area (TPSA) is 79.5 Å². The molecule has 0 radical (unpaired) electrons. The SMILES string of the molecule is CNC(=O)c1ccccc1OCCNCCCCC(=O)NC1CCCCC1. The van der Waals surface area contributed by atoms with Crippen LogP contribution in [-0.2, 0) is 4.79 Å². The minimum Gasteiger partial charge on any atom is -0.491 e. The summed E-state index contributed by atoms with van der Waals surface area (Å²) in [4.78, 5) is 23.7. The maximum atomic E-state index is 11.9. The Morgan fingerprint density at radius 3 is 2.63 bits per heavy atom. The quantitative estimate of drug-likeness (QED) is 0.520. The number of unbranched alkanes of at least 4 members (excludes halogenated alkanes) is 1. The number of nitrogens with one attached hydrogen (secondary N) is 3. The second-order valence-corrected chi connectivity index (χ2v) is 7.03. The highest BCUT2D eigenvalue weighted by atomic mass is 16.5. The fraction of sp³-hybridized carbons (Fsp3) is 0.619. The summed E-state index contributed by atoms with van der Waals surface area (Å²) in [6.45, 7) is 2.06. The molecule has 6 nitrogen and oxygen atoms in total. The third-order valence-corrected chi connectivity index (χ3v) is 4.87. The van der Waals surface area contributed by atoms with Crippen LogP contribution in [0, 0.1) is 0 Å². The highest BCUT2D eigenvalue weighted by molar-refractivity contribution is 5.96. The van der Waals surface area contributed by atoms with Gasteiger partial charge < -0.3 is 20.7 Å². The molecule has 27 heavy (non-hydrogen) atoms. The Hall–Kier alpha value is -2.08. The van der Waals surface area contributed by atoms with Crippen LogP contribution in [0.5, 0.6) is 5.75 Å². The summed E-state index contributed by atoms with van der Waals surface area (Å²) >= 11 is 0. The van der Waals surface area contributed by atoms with Gasteiger partial charge >= 0.3 is 0 Å². The monoisotopic (exact) mass is 375 g/mol. The largest absolute Gasteiger partial charge is 0.491 e. The zero-order valence-corrected chi connectivity index (χ0v) is 16.4. The van der Waals surface area contributed by atoms with E-state index in [4.69, 9.17) is 4.74 Å². The molecule has 0 aliphatic heterocycles. The summed E-state index contributed by atoms with van der Waals surface area (Å²) in [5.41, 5.74) is 0.545. The average Bonchev–Trinajstić information content (AvgIpc) is 2.70. The van der Waals surface area contributed by atoms with Crippen molar-refractivity contribution in [1.29, 1.82) is 0 Å². The molecular formula is C21H33N3O3.